The molecule has 1 N–H and O–H groups in total. The van der Waals surface area contributed by atoms with Crippen LogP contribution in [0.15, 0.2) is 36.5 Å². The fourth-order valence-electron chi connectivity index (χ4n) is 3.19. The Morgan fingerprint density at radius 3 is 2.76 bits per heavy atom. The van der Waals surface area contributed by atoms with Crippen molar-refractivity contribution in [2.24, 2.45) is 0 Å². The summed E-state index contributed by atoms with van der Waals surface area (Å²) < 4.78 is 15.9. The first-order valence-electron chi connectivity index (χ1n) is 8.65. The van der Waals surface area contributed by atoms with Crippen LogP contribution in [0.5, 0.6) is 5.75 Å². The third-order valence-electron chi connectivity index (χ3n) is 4.49. The number of nitrogens with zero attached hydrogens (tertiary/aromatic N) is 3. The fourth-order valence-corrected chi connectivity index (χ4v) is 3.19. The highest BCUT2D eigenvalue weighted by Gasteiger charge is 2.16. The Bertz CT molecular complexity index is 888. The van der Waals surface area contributed by atoms with Gasteiger partial charge in [0.05, 0.1) is 5.52 Å². The Morgan fingerprint density at radius 2 is 2.04 bits per heavy atom. The molecule has 0 aliphatic heterocycles. The Morgan fingerprint density at radius 1 is 1.24 bits per heavy atom. The van der Waals surface area contributed by atoms with Gasteiger partial charge < -0.3 is 14.6 Å². The molecule has 0 aliphatic rings. The number of fused-ring (bicyclic) bond motifs is 1. The first kappa shape index (κ1) is 17.3. The predicted molar refractivity (Wildman–Crippen MR) is 99.8 cm³/mol. The predicted octanol–water partition coefficient (Wildman–Crippen LogP) is 4.28. The fraction of sp³-hybridized carbons (Fsp3) is 0.350. The summed E-state index contributed by atoms with van der Waals surface area (Å²) in [6.07, 6.45) is 3.72. The lowest BCUT2D eigenvalue weighted by molar-refractivity contribution is 0.438. The van der Waals surface area contributed by atoms with Crippen molar-refractivity contribution in [1.29, 1.82) is 0 Å². The summed E-state index contributed by atoms with van der Waals surface area (Å²) in [5, 5.41) is 10.8. The van der Waals surface area contributed by atoms with E-state index in [9.17, 15) is 9.50 Å². The molecule has 0 saturated heterocycles. The van der Waals surface area contributed by atoms with Crippen LogP contribution in [-0.4, -0.2) is 28.3 Å². The van der Waals surface area contributed by atoms with Crippen LogP contribution in [0.1, 0.15) is 24.6 Å². The average molecular weight is 341 g/mol. The molecular formula is C20H24FN3O. The van der Waals surface area contributed by atoms with E-state index in [0.29, 0.717) is 11.8 Å². The highest BCUT2D eigenvalue weighted by molar-refractivity contribution is 5.90. The van der Waals surface area contributed by atoms with E-state index in [2.05, 4.69) is 21.4 Å². The highest BCUT2D eigenvalue weighted by Crippen LogP contribution is 2.33. The summed E-state index contributed by atoms with van der Waals surface area (Å²) in [5.74, 6) is 0.0862. The lowest BCUT2D eigenvalue weighted by atomic mass is 10.1. The normalized spacial score (nSPS) is 11.2. The van der Waals surface area contributed by atoms with Gasteiger partial charge in [-0.25, -0.2) is 9.37 Å². The Hall–Kier alpha value is -2.56. The van der Waals surface area contributed by atoms with Crippen molar-refractivity contribution >= 4 is 16.7 Å². The minimum Gasteiger partial charge on any atom is -0.504 e. The number of phenolic OH excluding ortho intramolecular Hbond substituents is 1. The van der Waals surface area contributed by atoms with Crippen LogP contribution in [-0.2, 0) is 13.0 Å². The molecule has 3 rings (SSSR count). The first-order chi connectivity index (χ1) is 12.0. The van der Waals surface area contributed by atoms with Crippen molar-refractivity contribution in [2.75, 3.05) is 18.5 Å². The van der Waals surface area contributed by atoms with Gasteiger partial charge in [0.1, 0.15) is 5.82 Å². The molecule has 4 nitrogen and oxygen atoms in total. The third-order valence-corrected chi connectivity index (χ3v) is 4.49. The number of phenols is 1. The number of aromatic hydroxyl groups is 1. The van der Waals surface area contributed by atoms with Crippen LogP contribution in [0.25, 0.3) is 10.9 Å². The molecule has 3 aromatic rings. The molecule has 0 bridgehead atoms. The van der Waals surface area contributed by atoms with Gasteiger partial charge in [0.25, 0.3) is 0 Å². The number of likely N-dealkylation sites (N-methyl/N-ethyl adjacent to an activating group) is 1. The second-order valence-electron chi connectivity index (χ2n) is 6.45. The maximum atomic E-state index is 13.9. The van der Waals surface area contributed by atoms with Crippen LogP contribution in [0.4, 0.5) is 10.2 Å². The summed E-state index contributed by atoms with van der Waals surface area (Å²) in [5.41, 5.74) is 2.82. The number of aryl methyl sites for hydroxylation is 2. The molecule has 5 heteroatoms. The second-order valence-corrected chi connectivity index (χ2v) is 6.45. The summed E-state index contributed by atoms with van der Waals surface area (Å²) >= 11 is 0. The zero-order valence-electron chi connectivity index (χ0n) is 15.0. The van der Waals surface area contributed by atoms with Crippen LogP contribution < -0.4 is 4.90 Å². The number of aromatic nitrogens is 2. The van der Waals surface area contributed by atoms with Gasteiger partial charge in [0, 0.05) is 37.4 Å². The van der Waals surface area contributed by atoms with Gasteiger partial charge in [-0.1, -0.05) is 13.0 Å². The topological polar surface area (TPSA) is 41.3 Å². The van der Waals surface area contributed by atoms with Gasteiger partial charge >= 0.3 is 0 Å². The number of rotatable bonds is 6. The van der Waals surface area contributed by atoms with Gasteiger partial charge in [-0.05, 0) is 49.6 Å². The zero-order chi connectivity index (χ0) is 18.0. The first-order valence-corrected chi connectivity index (χ1v) is 8.65. The number of anilines is 1. The largest absolute Gasteiger partial charge is 0.504 e. The van der Waals surface area contributed by atoms with Crippen LogP contribution >= 0.6 is 0 Å². The molecule has 0 fully saturated rings. The molecule has 0 radical (unpaired) electrons. The van der Waals surface area contributed by atoms with Gasteiger partial charge in [-0.2, -0.15) is 0 Å². The quantitative estimate of drug-likeness (QED) is 0.728. The molecule has 0 aliphatic carbocycles. The Labute approximate surface area is 147 Å². The smallest absolute Gasteiger partial charge is 0.165 e. The van der Waals surface area contributed by atoms with Crippen molar-refractivity contribution in [2.45, 2.75) is 33.2 Å². The summed E-state index contributed by atoms with van der Waals surface area (Å²) in [7, 11) is 1.99. The van der Waals surface area contributed by atoms with Gasteiger partial charge in [0.15, 0.2) is 11.6 Å². The second kappa shape index (κ2) is 7.13. The molecule has 2 heterocycles. The average Bonchev–Trinajstić information content (AvgIpc) is 2.94. The van der Waals surface area contributed by atoms with E-state index >= 15 is 0 Å². The standard InChI is InChI=1S/C20H24FN3O/c1-4-11-24-13-15(19-17(24)9-8-16(21)20(19)25)10-12-23(3)18-7-5-6-14(2)22-18/h5-9,13,25H,4,10-12H2,1-3H3. The van der Waals surface area contributed by atoms with Crippen molar-refractivity contribution in [3.8, 4) is 5.75 Å². The molecule has 0 spiro atoms. The van der Waals surface area contributed by atoms with Gasteiger partial charge in [-0.3, -0.25) is 0 Å². The lowest BCUT2D eigenvalue weighted by Crippen LogP contribution is -2.21. The monoisotopic (exact) mass is 341 g/mol. The van der Waals surface area contributed by atoms with Gasteiger partial charge in [-0.15, -0.1) is 0 Å². The minimum atomic E-state index is -0.572. The zero-order valence-corrected chi connectivity index (χ0v) is 15.0. The molecule has 0 saturated carbocycles. The molecule has 1 aromatic carbocycles. The molecule has 0 unspecified atom stereocenters. The summed E-state index contributed by atoms with van der Waals surface area (Å²) in [6, 6.07) is 9.01. The van der Waals surface area contributed by atoms with E-state index in [-0.39, 0.29) is 5.75 Å². The molecular weight excluding hydrogens is 317 g/mol. The molecule has 0 amide bonds. The summed E-state index contributed by atoms with van der Waals surface area (Å²) in [6.45, 7) is 5.65. The summed E-state index contributed by atoms with van der Waals surface area (Å²) in [4.78, 5) is 6.60. The lowest BCUT2D eigenvalue weighted by Gasteiger charge is -2.18. The van der Waals surface area contributed by atoms with E-state index in [4.69, 9.17) is 0 Å². The highest BCUT2D eigenvalue weighted by atomic mass is 19.1. The number of benzene rings is 1. The Kier molecular flexibility index (Phi) is 4.93. The Balaban J connectivity index is 1.89. The van der Waals surface area contributed by atoms with E-state index in [1.165, 1.54) is 6.07 Å². The molecule has 2 aromatic heterocycles. The van der Waals surface area contributed by atoms with Crippen LogP contribution in [0, 0.1) is 12.7 Å². The number of hydrogen-bond acceptors (Lipinski definition) is 3. The van der Waals surface area contributed by atoms with Crippen LogP contribution in [0.3, 0.4) is 0 Å². The van der Waals surface area contributed by atoms with E-state index in [1.54, 1.807) is 6.07 Å². The third kappa shape index (κ3) is 3.45. The van der Waals surface area contributed by atoms with Gasteiger partial charge in [0.2, 0.25) is 0 Å². The van der Waals surface area contributed by atoms with Crippen LogP contribution in [0.2, 0.25) is 0 Å². The molecule has 132 valence electrons. The van der Waals surface area contributed by atoms with Crippen molar-refractivity contribution in [1.82, 2.24) is 9.55 Å². The van der Waals surface area contributed by atoms with Crippen molar-refractivity contribution in [3.63, 3.8) is 0 Å². The number of hydrogen-bond donors (Lipinski definition) is 1. The van der Waals surface area contributed by atoms with E-state index in [0.717, 1.165) is 42.1 Å². The minimum absolute atomic E-state index is 0.251. The van der Waals surface area contributed by atoms with E-state index < -0.39 is 5.82 Å². The maximum absolute atomic E-state index is 13.9. The van der Waals surface area contributed by atoms with Crippen molar-refractivity contribution < 1.29 is 9.50 Å². The number of pyridine rings is 1. The SMILES string of the molecule is CCCn1cc(CCN(C)c2cccc(C)n2)c2c(O)c(F)ccc21. The molecule has 25 heavy (non-hydrogen) atoms. The van der Waals surface area contributed by atoms with E-state index in [1.807, 2.05) is 38.4 Å². The number of halogens is 1. The molecule has 0 atom stereocenters. The van der Waals surface area contributed by atoms with Crippen molar-refractivity contribution in [3.05, 3.63) is 53.6 Å². The maximum Gasteiger partial charge on any atom is 0.165 e.